The molecule has 4 nitrogen and oxygen atoms in total. The third kappa shape index (κ3) is 4.08. The highest BCUT2D eigenvalue weighted by atomic mass is 127. The number of nitrogens with zero attached hydrogens (tertiary/aromatic N) is 3. The van der Waals surface area contributed by atoms with Crippen LogP contribution in [0.15, 0.2) is 24.5 Å². The molecule has 0 saturated heterocycles. The Hall–Kier alpha value is -0.350. The molecule has 0 atom stereocenters. The number of quaternary nitrogens is 1. The van der Waals surface area contributed by atoms with Crippen LogP contribution in [0.3, 0.4) is 0 Å². The largest absolute Gasteiger partial charge is 1.00 e. The van der Waals surface area contributed by atoms with E-state index in [0.29, 0.717) is 0 Å². The molecule has 0 spiro atoms. The van der Waals surface area contributed by atoms with E-state index in [4.69, 9.17) is 0 Å². The van der Waals surface area contributed by atoms with Gasteiger partial charge >= 0.3 is 0 Å². The number of halogens is 2. The number of hydrogen-bond acceptors (Lipinski definition) is 2. The van der Waals surface area contributed by atoms with E-state index >= 15 is 0 Å². The lowest BCUT2D eigenvalue weighted by Crippen LogP contribution is -3.00. The number of aromatic hydroxyl groups is 1. The van der Waals surface area contributed by atoms with Crippen molar-refractivity contribution in [1.29, 1.82) is 0 Å². The van der Waals surface area contributed by atoms with E-state index in [1.807, 2.05) is 23.6 Å². The second-order valence-electron chi connectivity index (χ2n) is 5.73. The molecule has 0 saturated carbocycles. The van der Waals surface area contributed by atoms with Crippen LogP contribution < -0.4 is 24.0 Å². The van der Waals surface area contributed by atoms with Crippen LogP contribution in [0.4, 0.5) is 0 Å². The Labute approximate surface area is 150 Å². The van der Waals surface area contributed by atoms with Gasteiger partial charge in [0.25, 0.3) is 0 Å². The summed E-state index contributed by atoms with van der Waals surface area (Å²) < 4.78 is 3.81. The zero-order valence-corrected chi connectivity index (χ0v) is 16.4. The molecule has 110 valence electrons. The van der Waals surface area contributed by atoms with Crippen LogP contribution in [0.1, 0.15) is 11.4 Å². The van der Waals surface area contributed by atoms with Crippen molar-refractivity contribution in [2.24, 2.45) is 0 Å². The van der Waals surface area contributed by atoms with Gasteiger partial charge < -0.3 is 33.6 Å². The number of aryl methyl sites for hydroxylation is 1. The normalized spacial score (nSPS) is 11.2. The number of rotatable bonds is 3. The van der Waals surface area contributed by atoms with Crippen molar-refractivity contribution in [2.45, 2.75) is 13.5 Å². The topological polar surface area (TPSA) is 38.0 Å². The molecule has 0 aliphatic rings. The maximum Gasteiger partial charge on any atom is 0.140 e. The summed E-state index contributed by atoms with van der Waals surface area (Å²) in [6.07, 6.45) is 1.78. The van der Waals surface area contributed by atoms with Gasteiger partial charge in [0.2, 0.25) is 0 Å². The van der Waals surface area contributed by atoms with Gasteiger partial charge in [-0.05, 0) is 47.7 Å². The Bertz CT molecular complexity index is 603. The molecular formula is C14H19I2N3O. The average Bonchev–Trinajstić information content (AvgIpc) is 2.59. The highest BCUT2D eigenvalue weighted by molar-refractivity contribution is 14.1. The fourth-order valence-corrected chi connectivity index (χ4v) is 2.49. The van der Waals surface area contributed by atoms with Gasteiger partial charge in [-0.1, -0.05) is 0 Å². The molecular weight excluding hydrogens is 480 g/mol. The van der Waals surface area contributed by atoms with Crippen LogP contribution in [-0.2, 0) is 6.54 Å². The maximum absolute atomic E-state index is 10.1. The molecule has 6 heteroatoms. The molecule has 0 bridgehead atoms. The van der Waals surface area contributed by atoms with Crippen molar-refractivity contribution in [2.75, 3.05) is 21.1 Å². The van der Waals surface area contributed by atoms with Crippen molar-refractivity contribution < 1.29 is 33.6 Å². The SMILES string of the molecule is Cc1ncn(-c2ccc(I)cc2O)c1C[N+](C)(C)C.[I-]. The number of hydrogen-bond donors (Lipinski definition) is 1. The lowest BCUT2D eigenvalue weighted by molar-refractivity contribution is -0.884. The van der Waals surface area contributed by atoms with Gasteiger partial charge in [0.15, 0.2) is 0 Å². The van der Waals surface area contributed by atoms with Crippen LogP contribution >= 0.6 is 22.6 Å². The van der Waals surface area contributed by atoms with Crippen LogP contribution in [0.2, 0.25) is 0 Å². The minimum absolute atomic E-state index is 0. The fourth-order valence-electron chi connectivity index (χ4n) is 2.01. The minimum Gasteiger partial charge on any atom is -1.00 e. The zero-order chi connectivity index (χ0) is 14.2. The van der Waals surface area contributed by atoms with E-state index < -0.39 is 0 Å². The average molecular weight is 499 g/mol. The molecule has 1 aromatic carbocycles. The Morgan fingerprint density at radius 3 is 2.50 bits per heavy atom. The number of phenolic OH excluding ortho intramolecular Hbond substituents is 1. The van der Waals surface area contributed by atoms with Crippen LogP contribution in [0, 0.1) is 10.5 Å². The molecule has 0 radical (unpaired) electrons. The van der Waals surface area contributed by atoms with Crippen LogP contribution in [0.25, 0.3) is 5.69 Å². The van der Waals surface area contributed by atoms with Crippen molar-refractivity contribution in [3.05, 3.63) is 39.5 Å². The maximum atomic E-state index is 10.1. The fraction of sp³-hybridized carbons (Fsp3) is 0.357. The van der Waals surface area contributed by atoms with Gasteiger partial charge in [0, 0.05) is 3.57 Å². The number of aromatic nitrogens is 2. The van der Waals surface area contributed by atoms with Gasteiger partial charge in [0.05, 0.1) is 32.5 Å². The molecule has 0 aliphatic carbocycles. The predicted octanol–water partition coefficient (Wildman–Crippen LogP) is -0.299. The minimum atomic E-state index is 0. The monoisotopic (exact) mass is 499 g/mol. The first-order chi connectivity index (χ1) is 8.78. The molecule has 0 amide bonds. The summed E-state index contributed by atoms with van der Waals surface area (Å²) in [5, 5.41) is 10.1. The molecule has 2 rings (SSSR count). The van der Waals surface area contributed by atoms with Gasteiger partial charge in [-0.25, -0.2) is 4.98 Å². The lowest BCUT2D eigenvalue weighted by atomic mass is 10.2. The molecule has 0 aliphatic heterocycles. The number of benzene rings is 1. The predicted molar refractivity (Wildman–Crippen MR) is 84.4 cm³/mol. The smallest absolute Gasteiger partial charge is 0.140 e. The first kappa shape index (κ1) is 17.7. The van der Waals surface area contributed by atoms with Crippen molar-refractivity contribution in [3.8, 4) is 11.4 Å². The summed E-state index contributed by atoms with van der Waals surface area (Å²) in [6.45, 7) is 2.86. The molecule has 20 heavy (non-hydrogen) atoms. The summed E-state index contributed by atoms with van der Waals surface area (Å²) in [5.74, 6) is 0.284. The third-order valence-corrected chi connectivity index (χ3v) is 3.57. The second kappa shape index (κ2) is 6.61. The zero-order valence-electron chi connectivity index (χ0n) is 12.1. The second-order valence-corrected chi connectivity index (χ2v) is 6.97. The van der Waals surface area contributed by atoms with Crippen LogP contribution in [-0.4, -0.2) is 40.3 Å². The highest BCUT2D eigenvalue weighted by Crippen LogP contribution is 2.26. The summed E-state index contributed by atoms with van der Waals surface area (Å²) in [4.78, 5) is 4.38. The Kier molecular flexibility index (Phi) is 5.85. The molecule has 1 N–H and O–H groups in total. The molecule has 0 fully saturated rings. The van der Waals surface area contributed by atoms with Crippen molar-refractivity contribution in [1.82, 2.24) is 9.55 Å². The first-order valence-corrected chi connectivity index (χ1v) is 7.18. The Morgan fingerprint density at radius 1 is 1.30 bits per heavy atom. The van der Waals surface area contributed by atoms with E-state index in [1.165, 1.54) is 0 Å². The number of phenols is 1. The third-order valence-electron chi connectivity index (χ3n) is 2.90. The Morgan fingerprint density at radius 2 is 1.95 bits per heavy atom. The van der Waals surface area contributed by atoms with E-state index in [2.05, 4.69) is 48.7 Å². The lowest BCUT2D eigenvalue weighted by Gasteiger charge is -2.25. The van der Waals surface area contributed by atoms with Gasteiger partial charge in [-0.15, -0.1) is 0 Å². The van der Waals surface area contributed by atoms with Gasteiger partial charge in [0.1, 0.15) is 24.3 Å². The molecule has 2 aromatic rings. The highest BCUT2D eigenvalue weighted by Gasteiger charge is 2.18. The van der Waals surface area contributed by atoms with Crippen molar-refractivity contribution >= 4 is 22.6 Å². The van der Waals surface area contributed by atoms with E-state index in [-0.39, 0.29) is 29.7 Å². The summed E-state index contributed by atoms with van der Waals surface area (Å²) in [5.41, 5.74) is 2.92. The quantitative estimate of drug-likeness (QED) is 0.466. The molecule has 1 aromatic heterocycles. The van der Waals surface area contributed by atoms with E-state index in [0.717, 1.165) is 31.7 Å². The van der Waals surface area contributed by atoms with Gasteiger partial charge in [-0.3, -0.25) is 4.57 Å². The van der Waals surface area contributed by atoms with Gasteiger partial charge in [-0.2, -0.15) is 0 Å². The van der Waals surface area contributed by atoms with E-state index in [9.17, 15) is 5.11 Å². The molecule has 0 unspecified atom stereocenters. The van der Waals surface area contributed by atoms with Crippen LogP contribution in [0.5, 0.6) is 5.75 Å². The molecule has 1 heterocycles. The Balaban J connectivity index is 0.00000200. The van der Waals surface area contributed by atoms with Crippen molar-refractivity contribution in [3.63, 3.8) is 0 Å². The number of imidazole rings is 1. The summed E-state index contributed by atoms with van der Waals surface area (Å²) >= 11 is 2.19. The van der Waals surface area contributed by atoms with E-state index in [1.54, 1.807) is 12.4 Å². The summed E-state index contributed by atoms with van der Waals surface area (Å²) in [7, 11) is 6.43. The first-order valence-electron chi connectivity index (χ1n) is 6.10. The standard InChI is InChI=1S/C14H18IN3O.HI/c1-10-13(8-18(2,3)4)17(9-16-10)12-6-5-11(15)7-14(12)19;/h5-7,9H,8H2,1-4H3;1H. The summed E-state index contributed by atoms with van der Waals surface area (Å²) in [6, 6.07) is 5.68.